The quantitative estimate of drug-likeness (QED) is 0.820. The molecule has 1 N–H and O–H groups in total. The molecule has 1 aromatic heterocycles. The normalized spacial score (nSPS) is 9.69. The Morgan fingerprint density at radius 3 is 3.00 bits per heavy atom. The highest BCUT2D eigenvalue weighted by Gasteiger charge is 2.10. The lowest BCUT2D eigenvalue weighted by molar-refractivity contribution is -0.136. The fraction of sp³-hybridized carbons (Fsp3) is 0.250. The lowest BCUT2D eigenvalue weighted by Crippen LogP contribution is -2.03. The van der Waals surface area contributed by atoms with Crippen LogP contribution in [0.3, 0.4) is 0 Å². The molecule has 5 heteroatoms. The lowest BCUT2D eigenvalue weighted by Gasteiger charge is -2.06. The summed E-state index contributed by atoms with van der Waals surface area (Å²) in [6, 6.07) is 1.62. The van der Waals surface area contributed by atoms with Gasteiger partial charge in [0, 0.05) is 11.8 Å². The molecule has 0 bridgehead atoms. The Morgan fingerprint density at radius 1 is 1.77 bits per heavy atom. The highest BCUT2D eigenvalue weighted by Crippen LogP contribution is 2.26. The molecule has 0 aliphatic rings. The molecule has 0 aliphatic heterocycles. The van der Waals surface area contributed by atoms with E-state index in [-0.39, 0.29) is 6.42 Å². The molecule has 4 nitrogen and oxygen atoms in total. The van der Waals surface area contributed by atoms with Crippen molar-refractivity contribution >= 4 is 21.9 Å². The van der Waals surface area contributed by atoms with Gasteiger partial charge in [0.15, 0.2) is 5.75 Å². The Labute approximate surface area is 83.7 Å². The van der Waals surface area contributed by atoms with Crippen LogP contribution in [0, 0.1) is 0 Å². The number of aliphatic carboxylic acids is 1. The first kappa shape index (κ1) is 9.98. The van der Waals surface area contributed by atoms with Gasteiger partial charge < -0.3 is 9.84 Å². The van der Waals surface area contributed by atoms with Gasteiger partial charge in [0.25, 0.3) is 0 Å². The van der Waals surface area contributed by atoms with E-state index < -0.39 is 5.97 Å². The number of hydrogen-bond donors (Lipinski definition) is 1. The SMILES string of the molecule is COc1c(CC(=O)O)ccnc1Br. The average molecular weight is 246 g/mol. The number of pyridine rings is 1. The van der Waals surface area contributed by atoms with Crippen molar-refractivity contribution in [1.29, 1.82) is 0 Å². The van der Waals surface area contributed by atoms with Gasteiger partial charge in [-0.15, -0.1) is 0 Å². The lowest BCUT2D eigenvalue weighted by atomic mass is 10.2. The van der Waals surface area contributed by atoms with Crippen LogP contribution in [0.5, 0.6) is 5.75 Å². The number of carboxylic acid groups (broad SMARTS) is 1. The maximum atomic E-state index is 10.5. The summed E-state index contributed by atoms with van der Waals surface area (Å²) < 4.78 is 5.53. The van der Waals surface area contributed by atoms with Crippen LogP contribution < -0.4 is 4.74 Å². The maximum Gasteiger partial charge on any atom is 0.307 e. The zero-order valence-electron chi connectivity index (χ0n) is 6.95. The van der Waals surface area contributed by atoms with Crippen molar-refractivity contribution in [3.05, 3.63) is 22.4 Å². The molecular weight excluding hydrogens is 238 g/mol. The van der Waals surface area contributed by atoms with Gasteiger partial charge in [0.2, 0.25) is 0 Å². The Balaban J connectivity index is 3.05. The molecule has 0 atom stereocenters. The number of carbonyl (C=O) groups is 1. The summed E-state index contributed by atoms with van der Waals surface area (Å²) in [5, 5.41) is 8.59. The minimum atomic E-state index is -0.892. The topological polar surface area (TPSA) is 59.4 Å². The van der Waals surface area contributed by atoms with Crippen LogP contribution in [0.2, 0.25) is 0 Å². The van der Waals surface area contributed by atoms with E-state index in [9.17, 15) is 4.79 Å². The Hall–Kier alpha value is -1.10. The largest absolute Gasteiger partial charge is 0.494 e. The molecule has 0 unspecified atom stereocenters. The summed E-state index contributed by atoms with van der Waals surface area (Å²) in [6.45, 7) is 0. The van der Waals surface area contributed by atoms with Crippen LogP contribution >= 0.6 is 15.9 Å². The van der Waals surface area contributed by atoms with E-state index in [1.54, 1.807) is 6.07 Å². The second-order valence-electron chi connectivity index (χ2n) is 2.36. The zero-order valence-corrected chi connectivity index (χ0v) is 8.54. The van der Waals surface area contributed by atoms with Crippen molar-refractivity contribution in [3.63, 3.8) is 0 Å². The van der Waals surface area contributed by atoms with Gasteiger partial charge >= 0.3 is 5.97 Å². The van der Waals surface area contributed by atoms with Gasteiger partial charge in [-0.25, -0.2) is 4.98 Å². The number of hydrogen-bond acceptors (Lipinski definition) is 3. The Morgan fingerprint density at radius 2 is 2.46 bits per heavy atom. The highest BCUT2D eigenvalue weighted by atomic mass is 79.9. The third-order valence-electron chi connectivity index (χ3n) is 1.49. The molecule has 1 heterocycles. The number of carboxylic acids is 1. The molecule has 70 valence electrons. The number of ether oxygens (including phenoxy) is 1. The molecule has 0 aliphatic carbocycles. The molecular formula is C8H8BrNO3. The average Bonchev–Trinajstić information content (AvgIpc) is 2.03. The van der Waals surface area contributed by atoms with E-state index >= 15 is 0 Å². The summed E-state index contributed by atoms with van der Waals surface area (Å²) in [5.74, 6) is -0.415. The predicted molar refractivity (Wildman–Crippen MR) is 49.8 cm³/mol. The summed E-state index contributed by atoms with van der Waals surface area (Å²) in [5.41, 5.74) is 0.608. The summed E-state index contributed by atoms with van der Waals surface area (Å²) in [7, 11) is 1.48. The van der Waals surface area contributed by atoms with Crippen molar-refractivity contribution in [2.75, 3.05) is 7.11 Å². The Kier molecular flexibility index (Phi) is 3.25. The van der Waals surface area contributed by atoms with Crippen LogP contribution in [-0.2, 0) is 11.2 Å². The van der Waals surface area contributed by atoms with Crippen LogP contribution in [0.25, 0.3) is 0 Å². The van der Waals surface area contributed by atoms with Crippen molar-refractivity contribution < 1.29 is 14.6 Å². The number of rotatable bonds is 3. The van der Waals surface area contributed by atoms with Gasteiger partial charge in [-0.05, 0) is 22.0 Å². The monoisotopic (exact) mass is 245 g/mol. The third-order valence-corrected chi connectivity index (χ3v) is 2.05. The van der Waals surface area contributed by atoms with E-state index in [4.69, 9.17) is 9.84 Å². The fourth-order valence-electron chi connectivity index (χ4n) is 0.977. The molecule has 0 saturated carbocycles. The predicted octanol–water partition coefficient (Wildman–Crippen LogP) is 1.48. The first-order chi connectivity index (χ1) is 6.15. The van der Waals surface area contributed by atoms with Crippen molar-refractivity contribution in [3.8, 4) is 5.75 Å². The first-order valence-corrected chi connectivity index (χ1v) is 4.33. The molecule has 0 saturated heterocycles. The van der Waals surface area contributed by atoms with E-state index in [1.165, 1.54) is 13.3 Å². The molecule has 0 aromatic carbocycles. The minimum absolute atomic E-state index is 0.0652. The maximum absolute atomic E-state index is 10.5. The van der Waals surface area contributed by atoms with Crippen molar-refractivity contribution in [2.24, 2.45) is 0 Å². The standard InChI is InChI=1S/C8H8BrNO3/c1-13-7-5(4-6(11)12)2-3-10-8(7)9/h2-3H,4H2,1H3,(H,11,12). The van der Waals surface area contributed by atoms with Gasteiger partial charge in [-0.3, -0.25) is 4.79 Å². The summed E-state index contributed by atoms with van der Waals surface area (Å²) >= 11 is 3.17. The van der Waals surface area contributed by atoms with Crippen LogP contribution in [0.4, 0.5) is 0 Å². The van der Waals surface area contributed by atoms with E-state index in [2.05, 4.69) is 20.9 Å². The van der Waals surface area contributed by atoms with Crippen LogP contribution in [0.15, 0.2) is 16.9 Å². The van der Waals surface area contributed by atoms with Gasteiger partial charge in [-0.1, -0.05) is 0 Å². The van der Waals surface area contributed by atoms with E-state index in [1.807, 2.05) is 0 Å². The second kappa shape index (κ2) is 4.23. The smallest absolute Gasteiger partial charge is 0.307 e. The number of nitrogens with zero attached hydrogens (tertiary/aromatic N) is 1. The van der Waals surface area contributed by atoms with E-state index in [0.717, 1.165) is 0 Å². The van der Waals surface area contributed by atoms with Gasteiger partial charge in [0.1, 0.15) is 4.60 Å². The molecule has 1 rings (SSSR count). The highest BCUT2D eigenvalue weighted by molar-refractivity contribution is 9.10. The van der Waals surface area contributed by atoms with E-state index in [0.29, 0.717) is 15.9 Å². The van der Waals surface area contributed by atoms with Gasteiger partial charge in [-0.2, -0.15) is 0 Å². The molecule has 0 amide bonds. The molecule has 0 spiro atoms. The van der Waals surface area contributed by atoms with Crippen molar-refractivity contribution in [1.82, 2.24) is 4.98 Å². The molecule has 0 radical (unpaired) electrons. The zero-order chi connectivity index (χ0) is 9.84. The number of methoxy groups -OCH3 is 1. The summed E-state index contributed by atoms with van der Waals surface area (Å²) in [4.78, 5) is 14.4. The van der Waals surface area contributed by atoms with Crippen molar-refractivity contribution in [2.45, 2.75) is 6.42 Å². The Bertz CT molecular complexity index is 327. The first-order valence-electron chi connectivity index (χ1n) is 3.54. The molecule has 0 fully saturated rings. The van der Waals surface area contributed by atoms with Crippen LogP contribution in [0.1, 0.15) is 5.56 Å². The third kappa shape index (κ3) is 2.42. The second-order valence-corrected chi connectivity index (χ2v) is 3.12. The number of aromatic nitrogens is 1. The van der Waals surface area contributed by atoms with Crippen LogP contribution in [-0.4, -0.2) is 23.2 Å². The fourth-order valence-corrected chi connectivity index (χ4v) is 1.51. The van der Waals surface area contributed by atoms with Gasteiger partial charge in [0.05, 0.1) is 13.5 Å². The molecule has 1 aromatic rings. The molecule has 13 heavy (non-hydrogen) atoms. The minimum Gasteiger partial charge on any atom is -0.494 e. The summed E-state index contributed by atoms with van der Waals surface area (Å²) in [6.07, 6.45) is 1.47. The number of halogens is 1.